The average molecular weight is 433 g/mol. The molecule has 1 saturated carbocycles. The van der Waals surface area contributed by atoms with Crippen LogP contribution in [0.3, 0.4) is 0 Å². The molecule has 1 aliphatic carbocycles. The number of amides is 1. The van der Waals surface area contributed by atoms with Crippen molar-refractivity contribution in [3.05, 3.63) is 22.4 Å². The lowest BCUT2D eigenvalue weighted by Crippen LogP contribution is -2.46. The van der Waals surface area contributed by atoms with Gasteiger partial charge in [-0.1, -0.05) is 0 Å². The van der Waals surface area contributed by atoms with E-state index in [1.54, 1.807) is 11.3 Å². The van der Waals surface area contributed by atoms with Crippen molar-refractivity contribution < 1.29 is 14.3 Å². The molecule has 29 heavy (non-hydrogen) atoms. The van der Waals surface area contributed by atoms with Crippen LogP contribution in [0, 0.1) is 18.3 Å². The Labute approximate surface area is 178 Å². The van der Waals surface area contributed by atoms with E-state index >= 15 is 0 Å². The molecule has 0 saturated heterocycles. The Hall–Kier alpha value is -2.44. The molecule has 9 heteroatoms. The van der Waals surface area contributed by atoms with Gasteiger partial charge in [0.2, 0.25) is 0 Å². The Kier molecular flexibility index (Phi) is 7.23. The van der Waals surface area contributed by atoms with Crippen LogP contribution in [-0.2, 0) is 14.3 Å². The highest BCUT2D eigenvalue weighted by Crippen LogP contribution is 2.30. The molecule has 1 amide bonds. The summed E-state index contributed by atoms with van der Waals surface area (Å²) >= 11 is 3.24. The van der Waals surface area contributed by atoms with E-state index in [1.807, 2.05) is 5.38 Å². The van der Waals surface area contributed by atoms with E-state index in [-0.39, 0.29) is 13.0 Å². The number of nitrogens with zero attached hydrogens (tertiary/aromatic N) is 2. The van der Waals surface area contributed by atoms with Gasteiger partial charge in [-0.05, 0) is 51.2 Å². The van der Waals surface area contributed by atoms with Crippen molar-refractivity contribution in [2.45, 2.75) is 51.0 Å². The monoisotopic (exact) mass is 432 g/mol. The number of nitriles is 1. The van der Waals surface area contributed by atoms with Crippen LogP contribution in [0.4, 0.5) is 5.13 Å². The quantitative estimate of drug-likeness (QED) is 0.460. The molecule has 0 radical (unpaired) electrons. The lowest BCUT2D eigenvalue weighted by atomic mass is 10.00. The molecule has 0 spiro atoms. The zero-order chi connectivity index (χ0) is 20.7. The zero-order valence-corrected chi connectivity index (χ0v) is 18.0. The Morgan fingerprint density at radius 2 is 2.14 bits per heavy atom. The molecule has 2 N–H and O–H groups in total. The number of thiazole rings is 1. The van der Waals surface area contributed by atoms with Gasteiger partial charge in [0, 0.05) is 23.2 Å². The molecule has 1 aliphatic rings. The van der Waals surface area contributed by atoms with Crippen molar-refractivity contribution in [1.82, 2.24) is 10.3 Å². The van der Waals surface area contributed by atoms with Crippen LogP contribution >= 0.6 is 22.7 Å². The first-order chi connectivity index (χ1) is 14.0. The van der Waals surface area contributed by atoms with Crippen LogP contribution in [0.25, 0.3) is 10.6 Å². The van der Waals surface area contributed by atoms with Crippen molar-refractivity contribution in [3.63, 3.8) is 0 Å². The minimum atomic E-state index is -0.790. The van der Waals surface area contributed by atoms with Crippen LogP contribution in [0.2, 0.25) is 0 Å². The fourth-order valence-corrected chi connectivity index (χ4v) is 4.87. The molecule has 0 atom stereocenters. The first-order valence-corrected chi connectivity index (χ1v) is 11.3. The maximum Gasteiger partial charge on any atom is 0.306 e. The summed E-state index contributed by atoms with van der Waals surface area (Å²) in [4.78, 5) is 30.7. The number of carbonyl (C=O) groups excluding carboxylic acids is 2. The third kappa shape index (κ3) is 6.02. The van der Waals surface area contributed by atoms with Crippen LogP contribution in [0.5, 0.6) is 0 Å². The second-order valence-electron chi connectivity index (χ2n) is 7.09. The van der Waals surface area contributed by atoms with Gasteiger partial charge in [-0.15, -0.1) is 22.7 Å². The highest BCUT2D eigenvalue weighted by molar-refractivity contribution is 7.16. The number of aromatic nitrogens is 1. The topological polar surface area (TPSA) is 104 Å². The molecule has 2 aromatic heterocycles. The number of anilines is 1. The predicted molar refractivity (Wildman–Crippen MR) is 114 cm³/mol. The maximum absolute atomic E-state index is 11.9. The Balaban J connectivity index is 1.32. The van der Waals surface area contributed by atoms with E-state index in [0.29, 0.717) is 25.8 Å². The van der Waals surface area contributed by atoms with Crippen LogP contribution in [0.15, 0.2) is 17.5 Å². The summed E-state index contributed by atoms with van der Waals surface area (Å²) in [5, 5.41) is 18.0. The third-order valence-corrected chi connectivity index (χ3v) is 6.57. The predicted octanol–water partition coefficient (Wildman–Crippen LogP) is 3.87. The minimum Gasteiger partial charge on any atom is -0.456 e. The van der Waals surface area contributed by atoms with Gasteiger partial charge in [0.15, 0.2) is 11.7 Å². The van der Waals surface area contributed by atoms with E-state index in [1.165, 1.54) is 16.2 Å². The van der Waals surface area contributed by atoms with Crippen LogP contribution in [-0.4, -0.2) is 35.6 Å². The summed E-state index contributed by atoms with van der Waals surface area (Å²) in [5.41, 5.74) is 0.167. The highest BCUT2D eigenvalue weighted by atomic mass is 32.1. The molecule has 0 bridgehead atoms. The van der Waals surface area contributed by atoms with Crippen molar-refractivity contribution in [1.29, 1.82) is 5.26 Å². The average Bonchev–Trinajstić information content (AvgIpc) is 3.45. The summed E-state index contributed by atoms with van der Waals surface area (Å²) in [7, 11) is 0. The van der Waals surface area contributed by atoms with Crippen molar-refractivity contribution in [3.8, 4) is 16.6 Å². The highest BCUT2D eigenvalue weighted by Gasteiger charge is 2.35. The van der Waals surface area contributed by atoms with Crippen molar-refractivity contribution in [2.75, 3.05) is 18.5 Å². The standard InChI is InChI=1S/C20H24N4O3S2/c1-14-6-7-16(29-14)15-12-28-19(23-15)22-10-4-5-18(26)27-11-17(25)24-20(13-21)8-2-3-9-20/h6-7,12H,2-5,8-11H2,1H3,(H,22,23)(H,24,25). The Bertz CT molecular complexity index is 894. The molecule has 0 aromatic carbocycles. The maximum atomic E-state index is 11.9. The summed E-state index contributed by atoms with van der Waals surface area (Å²) in [6.07, 6.45) is 3.95. The fourth-order valence-electron chi connectivity index (χ4n) is 3.23. The van der Waals surface area contributed by atoms with Gasteiger partial charge in [0.05, 0.1) is 16.6 Å². The Morgan fingerprint density at radius 1 is 1.34 bits per heavy atom. The van der Waals surface area contributed by atoms with Gasteiger partial charge in [-0.2, -0.15) is 5.26 Å². The van der Waals surface area contributed by atoms with Gasteiger partial charge < -0.3 is 15.4 Å². The molecule has 0 unspecified atom stereocenters. The summed E-state index contributed by atoms with van der Waals surface area (Å²) in [6.45, 7) is 2.32. The van der Waals surface area contributed by atoms with Gasteiger partial charge in [-0.25, -0.2) is 4.98 Å². The summed E-state index contributed by atoms with van der Waals surface area (Å²) < 4.78 is 5.02. The molecule has 7 nitrogen and oxygen atoms in total. The SMILES string of the molecule is Cc1ccc(-c2csc(NCCCC(=O)OCC(=O)NC3(C#N)CCCC3)n2)s1. The van der Waals surface area contributed by atoms with E-state index in [2.05, 4.69) is 40.7 Å². The van der Waals surface area contributed by atoms with E-state index in [4.69, 9.17) is 4.74 Å². The van der Waals surface area contributed by atoms with Crippen molar-refractivity contribution in [2.24, 2.45) is 0 Å². The number of carbonyl (C=O) groups is 2. The lowest BCUT2D eigenvalue weighted by Gasteiger charge is -2.21. The smallest absolute Gasteiger partial charge is 0.306 e. The molecule has 2 aromatic rings. The van der Waals surface area contributed by atoms with Gasteiger partial charge in [-0.3, -0.25) is 9.59 Å². The number of aryl methyl sites for hydroxylation is 1. The normalized spacial score (nSPS) is 14.9. The first-order valence-electron chi connectivity index (χ1n) is 9.64. The number of hydrogen-bond acceptors (Lipinski definition) is 8. The van der Waals surface area contributed by atoms with Crippen molar-refractivity contribution >= 4 is 39.7 Å². The lowest BCUT2D eigenvalue weighted by molar-refractivity contribution is -0.148. The number of esters is 1. The first kappa shape index (κ1) is 21.3. The molecule has 2 heterocycles. The summed E-state index contributed by atoms with van der Waals surface area (Å²) in [5.74, 6) is -0.840. The van der Waals surface area contributed by atoms with E-state index in [9.17, 15) is 14.9 Å². The largest absolute Gasteiger partial charge is 0.456 e. The van der Waals surface area contributed by atoms with Crippen LogP contribution < -0.4 is 10.6 Å². The Morgan fingerprint density at radius 3 is 2.83 bits per heavy atom. The molecule has 154 valence electrons. The molecule has 1 fully saturated rings. The number of thiophene rings is 1. The van der Waals surface area contributed by atoms with E-state index in [0.717, 1.165) is 28.5 Å². The minimum absolute atomic E-state index is 0.214. The molecule has 0 aliphatic heterocycles. The number of ether oxygens (including phenoxy) is 1. The van der Waals surface area contributed by atoms with E-state index < -0.39 is 17.4 Å². The number of hydrogen-bond donors (Lipinski definition) is 2. The van der Waals surface area contributed by atoms with Gasteiger partial charge in [0.1, 0.15) is 5.54 Å². The van der Waals surface area contributed by atoms with Gasteiger partial charge in [0.25, 0.3) is 5.91 Å². The number of nitrogens with one attached hydrogen (secondary N) is 2. The third-order valence-electron chi connectivity index (χ3n) is 4.74. The fraction of sp³-hybridized carbons (Fsp3) is 0.500. The van der Waals surface area contributed by atoms with Crippen LogP contribution in [0.1, 0.15) is 43.4 Å². The second-order valence-corrected chi connectivity index (χ2v) is 9.23. The van der Waals surface area contributed by atoms with Gasteiger partial charge >= 0.3 is 5.97 Å². The molecular formula is C20H24N4O3S2. The second kappa shape index (κ2) is 9.85. The molecule has 3 rings (SSSR count). The zero-order valence-electron chi connectivity index (χ0n) is 16.3. The summed E-state index contributed by atoms with van der Waals surface area (Å²) in [6, 6.07) is 6.32. The molecular weight excluding hydrogens is 408 g/mol. The number of rotatable bonds is 9.